The number of amides is 1. The van der Waals surface area contributed by atoms with Crippen LogP contribution in [0.15, 0.2) is 35.1 Å². The van der Waals surface area contributed by atoms with Crippen molar-refractivity contribution in [3.8, 4) is 0 Å². The third-order valence-electron chi connectivity index (χ3n) is 6.00. The normalized spacial score (nSPS) is 17.8. The van der Waals surface area contributed by atoms with Gasteiger partial charge in [0.15, 0.2) is 29.6 Å². The third-order valence-corrected chi connectivity index (χ3v) is 6.00. The Labute approximate surface area is 188 Å². The summed E-state index contributed by atoms with van der Waals surface area (Å²) in [6, 6.07) is 4.14. The first-order valence-corrected chi connectivity index (χ1v) is 10.1. The summed E-state index contributed by atoms with van der Waals surface area (Å²) in [5.74, 6) is -5.02. The fourth-order valence-corrected chi connectivity index (χ4v) is 4.31. The van der Waals surface area contributed by atoms with Gasteiger partial charge in [0.2, 0.25) is 0 Å². The SMILES string of the molecule is COC1OC[C@H](N(C)C(=O)c2cc3cc(F)c(F)cc3[nH]2)c2c1[nH]c(=O)c1cc(F)c(F)cc21. The second-order valence-electron chi connectivity index (χ2n) is 7.96. The predicted octanol–water partition coefficient (Wildman–Crippen LogP) is 4.05. The van der Waals surface area contributed by atoms with Gasteiger partial charge in [0.25, 0.3) is 11.5 Å². The van der Waals surface area contributed by atoms with Crippen LogP contribution < -0.4 is 5.56 Å². The summed E-state index contributed by atoms with van der Waals surface area (Å²) in [7, 11) is 2.80. The lowest BCUT2D eigenvalue weighted by Gasteiger charge is -2.36. The number of aromatic nitrogens is 2. The van der Waals surface area contributed by atoms with Crippen LogP contribution in [0.3, 0.4) is 0 Å². The Morgan fingerprint density at radius 1 is 1.00 bits per heavy atom. The number of halogens is 4. The van der Waals surface area contributed by atoms with Crippen LogP contribution in [0.25, 0.3) is 21.7 Å². The van der Waals surface area contributed by atoms with E-state index in [2.05, 4.69) is 9.97 Å². The number of nitrogens with zero attached hydrogens (tertiary/aromatic N) is 1. The molecule has 1 unspecified atom stereocenters. The molecule has 34 heavy (non-hydrogen) atoms. The molecule has 3 heterocycles. The van der Waals surface area contributed by atoms with Crippen LogP contribution in [0.2, 0.25) is 0 Å². The highest BCUT2D eigenvalue weighted by molar-refractivity contribution is 5.98. The van der Waals surface area contributed by atoms with Crippen molar-refractivity contribution in [1.29, 1.82) is 0 Å². The molecule has 1 aliphatic heterocycles. The average Bonchev–Trinajstić information content (AvgIpc) is 3.21. The maximum absolute atomic E-state index is 14.2. The zero-order chi connectivity index (χ0) is 24.3. The first kappa shape index (κ1) is 22.1. The van der Waals surface area contributed by atoms with Crippen LogP contribution in [0.1, 0.15) is 34.1 Å². The molecule has 2 atom stereocenters. The van der Waals surface area contributed by atoms with Crippen LogP contribution in [-0.2, 0) is 9.47 Å². The number of carbonyl (C=O) groups excluding carboxylic acids is 1. The molecule has 2 N–H and O–H groups in total. The van der Waals surface area contributed by atoms with Gasteiger partial charge >= 0.3 is 0 Å². The average molecular weight is 475 g/mol. The van der Waals surface area contributed by atoms with Crippen molar-refractivity contribution in [2.24, 2.45) is 0 Å². The molecule has 0 radical (unpaired) electrons. The number of nitrogens with one attached hydrogen (secondary N) is 2. The maximum Gasteiger partial charge on any atom is 0.270 e. The van der Waals surface area contributed by atoms with Crippen LogP contribution in [0, 0.1) is 23.3 Å². The second kappa shape index (κ2) is 7.96. The zero-order valence-electron chi connectivity index (χ0n) is 17.8. The number of hydrogen-bond acceptors (Lipinski definition) is 4. The van der Waals surface area contributed by atoms with Crippen molar-refractivity contribution in [1.82, 2.24) is 14.9 Å². The van der Waals surface area contributed by atoms with Gasteiger partial charge in [-0.3, -0.25) is 9.59 Å². The molecule has 2 aromatic carbocycles. The summed E-state index contributed by atoms with van der Waals surface area (Å²) in [6.45, 7) is -0.0859. The van der Waals surface area contributed by atoms with Gasteiger partial charge in [-0.05, 0) is 29.7 Å². The lowest BCUT2D eigenvalue weighted by atomic mass is 9.94. The molecule has 5 rings (SSSR count). The Morgan fingerprint density at radius 3 is 2.35 bits per heavy atom. The molecule has 0 fully saturated rings. The summed E-state index contributed by atoms with van der Waals surface area (Å²) in [6.07, 6.45) is -1.00. The largest absolute Gasteiger partial charge is 0.350 e. The number of rotatable bonds is 3. The predicted molar refractivity (Wildman–Crippen MR) is 113 cm³/mol. The number of carbonyl (C=O) groups is 1. The van der Waals surface area contributed by atoms with Crippen molar-refractivity contribution in [3.63, 3.8) is 0 Å². The van der Waals surface area contributed by atoms with Gasteiger partial charge in [-0.15, -0.1) is 0 Å². The number of H-pyrrole nitrogens is 2. The van der Waals surface area contributed by atoms with E-state index >= 15 is 0 Å². The van der Waals surface area contributed by atoms with Gasteiger partial charge in [-0.1, -0.05) is 0 Å². The lowest BCUT2D eigenvalue weighted by Crippen LogP contribution is -2.39. The molecular formula is C23H17F4N3O4. The number of aromatic amines is 2. The molecule has 4 aromatic rings. The third kappa shape index (κ3) is 3.35. The van der Waals surface area contributed by atoms with Gasteiger partial charge in [-0.25, -0.2) is 17.6 Å². The van der Waals surface area contributed by atoms with Crippen LogP contribution in [0.5, 0.6) is 0 Å². The van der Waals surface area contributed by atoms with Crippen molar-refractivity contribution in [2.75, 3.05) is 20.8 Å². The fourth-order valence-electron chi connectivity index (χ4n) is 4.31. The highest BCUT2D eigenvalue weighted by atomic mass is 19.2. The fraction of sp³-hybridized carbons (Fsp3) is 0.217. The number of fused-ring (bicyclic) bond motifs is 4. The van der Waals surface area contributed by atoms with E-state index in [4.69, 9.17) is 9.47 Å². The molecule has 1 amide bonds. The summed E-state index contributed by atoms with van der Waals surface area (Å²) < 4.78 is 66.1. The second-order valence-corrected chi connectivity index (χ2v) is 7.96. The molecule has 0 bridgehead atoms. The molecule has 7 nitrogen and oxygen atoms in total. The van der Waals surface area contributed by atoms with Gasteiger partial charge in [0, 0.05) is 36.7 Å². The molecule has 2 aromatic heterocycles. The molecule has 0 saturated carbocycles. The van der Waals surface area contributed by atoms with Crippen molar-refractivity contribution in [3.05, 3.63) is 80.9 Å². The van der Waals surface area contributed by atoms with E-state index in [-0.39, 0.29) is 34.3 Å². The molecule has 1 aliphatic rings. The molecule has 0 spiro atoms. The van der Waals surface area contributed by atoms with E-state index in [0.29, 0.717) is 10.9 Å². The number of benzene rings is 2. The van der Waals surface area contributed by atoms with E-state index in [1.807, 2.05) is 0 Å². The van der Waals surface area contributed by atoms with Gasteiger partial charge in [-0.2, -0.15) is 0 Å². The number of likely N-dealkylation sites (N-methyl/N-ethyl adjacent to an activating group) is 1. The standard InChI is InChI=1S/C23H17F4N3O4/c1-30(22(32)17-4-9-3-12(24)15(27)7-16(9)28-17)18-8-34-23(33-2)20-19(18)10-5-13(25)14(26)6-11(10)21(31)29-20/h3-7,18,23,28H,8H2,1-2H3,(H,29,31)/t18-,23?/m0/s1. The Balaban J connectivity index is 1.64. The minimum Gasteiger partial charge on any atom is -0.350 e. The molecule has 176 valence electrons. The smallest absolute Gasteiger partial charge is 0.270 e. The number of methoxy groups -OCH3 is 1. The molecule has 0 aliphatic carbocycles. The topological polar surface area (TPSA) is 87.4 Å². The van der Waals surface area contributed by atoms with Crippen LogP contribution in [-0.4, -0.2) is 41.5 Å². The van der Waals surface area contributed by atoms with Gasteiger partial charge in [0.05, 0.1) is 23.7 Å². The zero-order valence-corrected chi connectivity index (χ0v) is 17.8. The highest BCUT2D eigenvalue weighted by Crippen LogP contribution is 2.39. The van der Waals surface area contributed by atoms with E-state index in [0.717, 1.165) is 24.3 Å². The van der Waals surface area contributed by atoms with Crippen LogP contribution >= 0.6 is 0 Å². The van der Waals surface area contributed by atoms with E-state index < -0.39 is 47.1 Å². The Morgan fingerprint density at radius 2 is 1.65 bits per heavy atom. The van der Waals surface area contributed by atoms with Crippen molar-refractivity contribution in [2.45, 2.75) is 12.3 Å². The van der Waals surface area contributed by atoms with Gasteiger partial charge < -0.3 is 24.3 Å². The monoisotopic (exact) mass is 475 g/mol. The molecular weight excluding hydrogens is 458 g/mol. The van der Waals surface area contributed by atoms with Crippen molar-refractivity contribution >= 4 is 27.6 Å². The molecule has 0 saturated heterocycles. The Kier molecular flexibility index (Phi) is 5.18. The lowest BCUT2D eigenvalue weighted by molar-refractivity contribution is -0.150. The van der Waals surface area contributed by atoms with Crippen molar-refractivity contribution < 1.29 is 31.8 Å². The Bertz CT molecular complexity index is 1490. The number of ether oxygens (including phenoxy) is 2. The highest BCUT2D eigenvalue weighted by Gasteiger charge is 2.36. The first-order valence-electron chi connectivity index (χ1n) is 10.1. The summed E-state index contributed by atoms with van der Waals surface area (Å²) in [5.41, 5.74) is 0.0949. The number of pyridine rings is 1. The quantitative estimate of drug-likeness (QED) is 0.438. The van der Waals surface area contributed by atoms with E-state index in [1.54, 1.807) is 0 Å². The van der Waals surface area contributed by atoms with E-state index in [1.165, 1.54) is 25.1 Å². The first-order chi connectivity index (χ1) is 16.2. The Hall–Kier alpha value is -3.70. The summed E-state index contributed by atoms with van der Waals surface area (Å²) in [4.78, 5) is 32.5. The summed E-state index contributed by atoms with van der Waals surface area (Å²) >= 11 is 0. The van der Waals surface area contributed by atoms with Gasteiger partial charge in [0.1, 0.15) is 5.69 Å². The minimum absolute atomic E-state index is 0.0453. The number of hydrogen-bond donors (Lipinski definition) is 2. The summed E-state index contributed by atoms with van der Waals surface area (Å²) in [5, 5.41) is 0.299. The maximum atomic E-state index is 14.2. The molecule has 11 heteroatoms. The minimum atomic E-state index is -1.19. The van der Waals surface area contributed by atoms with E-state index in [9.17, 15) is 27.2 Å². The van der Waals surface area contributed by atoms with Crippen LogP contribution in [0.4, 0.5) is 17.6 Å².